The van der Waals surface area contributed by atoms with Gasteiger partial charge in [0.25, 0.3) is 0 Å². The third-order valence-corrected chi connectivity index (χ3v) is 8.56. The number of nitrogens with zero attached hydrogens (tertiary/aromatic N) is 1. The van der Waals surface area contributed by atoms with Gasteiger partial charge in [0.1, 0.15) is 6.10 Å². The number of hydrogen-bond acceptors (Lipinski definition) is 5. The molecule has 2 rings (SSSR count). The molecule has 0 fully saturated rings. The minimum atomic E-state index is -4.07. The lowest BCUT2D eigenvalue weighted by Gasteiger charge is -2.17. The Morgan fingerprint density at radius 3 is 1.51 bits per heavy atom. The average molecular weight is 584 g/mol. The quantitative estimate of drug-likeness (QED) is 0.115. The van der Waals surface area contributed by atoms with Gasteiger partial charge < -0.3 is 0 Å². The fourth-order valence-corrected chi connectivity index (χ4v) is 6.01. The minimum absolute atomic E-state index is 0.164. The molecule has 0 bridgehead atoms. The van der Waals surface area contributed by atoms with Crippen molar-refractivity contribution >= 4 is 10.4 Å². The van der Waals surface area contributed by atoms with Crippen molar-refractivity contribution < 1.29 is 16.8 Å². The first kappa shape index (κ1) is 35.0. The highest BCUT2D eigenvalue weighted by Gasteiger charge is 2.21. The van der Waals surface area contributed by atoms with Gasteiger partial charge >= 0.3 is 10.4 Å². The summed E-state index contributed by atoms with van der Waals surface area (Å²) in [5, 5.41) is 8.99. The molecule has 0 amide bonds. The van der Waals surface area contributed by atoms with E-state index in [4.69, 9.17) is 13.6 Å². The van der Waals surface area contributed by atoms with E-state index in [-0.39, 0.29) is 6.61 Å². The molecule has 0 radical (unpaired) electrons. The van der Waals surface area contributed by atoms with Crippen LogP contribution in [0.25, 0.3) is 11.1 Å². The molecule has 41 heavy (non-hydrogen) atoms. The van der Waals surface area contributed by atoms with Crippen LogP contribution in [-0.4, -0.2) is 15.0 Å². The number of benzene rings is 2. The van der Waals surface area contributed by atoms with E-state index in [0.29, 0.717) is 12.0 Å². The summed E-state index contributed by atoms with van der Waals surface area (Å²) in [6.45, 7) is 4.44. The van der Waals surface area contributed by atoms with Crippen molar-refractivity contribution in [3.63, 3.8) is 0 Å². The maximum absolute atomic E-state index is 12.5. The highest BCUT2D eigenvalue weighted by Crippen LogP contribution is 2.28. The molecule has 0 aromatic heterocycles. The Kier molecular flexibility index (Phi) is 18.3. The van der Waals surface area contributed by atoms with Crippen LogP contribution in [0.1, 0.15) is 147 Å². The zero-order chi connectivity index (χ0) is 29.6. The molecule has 228 valence electrons. The predicted molar refractivity (Wildman–Crippen MR) is 170 cm³/mol. The van der Waals surface area contributed by atoms with Gasteiger partial charge in [-0.2, -0.15) is 13.7 Å². The van der Waals surface area contributed by atoms with Crippen LogP contribution in [0.3, 0.4) is 0 Å². The second kappa shape index (κ2) is 21.5. The Bertz CT molecular complexity index is 1070. The van der Waals surface area contributed by atoms with Gasteiger partial charge in [-0.1, -0.05) is 153 Å². The van der Waals surface area contributed by atoms with Crippen molar-refractivity contribution in [3.05, 3.63) is 59.7 Å². The fourth-order valence-electron chi connectivity index (χ4n) is 5.14. The Labute approximate surface area is 251 Å². The van der Waals surface area contributed by atoms with Crippen molar-refractivity contribution in [3.8, 4) is 17.2 Å². The first-order valence-electron chi connectivity index (χ1n) is 16.2. The largest absolute Gasteiger partial charge is 0.400 e. The van der Waals surface area contributed by atoms with Gasteiger partial charge in [-0.25, -0.2) is 8.37 Å². The SMILES string of the molecule is CCCCCCCCCCCCCCCCCCOS(=O)(=O)OC(CCC)c1ccc(-c2ccc(C#N)cc2)cc1. The van der Waals surface area contributed by atoms with Crippen LogP contribution >= 0.6 is 0 Å². The average Bonchev–Trinajstić information content (AvgIpc) is 2.98. The topological polar surface area (TPSA) is 76.4 Å². The van der Waals surface area contributed by atoms with Crippen LogP contribution in [0.5, 0.6) is 0 Å². The van der Waals surface area contributed by atoms with Gasteiger partial charge in [-0.15, -0.1) is 0 Å². The first-order chi connectivity index (χ1) is 20.0. The van der Waals surface area contributed by atoms with Crippen LogP contribution in [0.2, 0.25) is 0 Å². The predicted octanol–water partition coefficient (Wildman–Crippen LogP) is 10.6. The monoisotopic (exact) mass is 583 g/mol. The van der Waals surface area contributed by atoms with Crippen molar-refractivity contribution in [1.82, 2.24) is 0 Å². The second-order valence-electron chi connectivity index (χ2n) is 11.2. The van der Waals surface area contributed by atoms with Crippen molar-refractivity contribution in [2.75, 3.05) is 6.61 Å². The molecular weight excluding hydrogens is 530 g/mol. The molecular formula is C35H53NO4S. The summed E-state index contributed by atoms with van der Waals surface area (Å²) >= 11 is 0. The lowest BCUT2D eigenvalue weighted by molar-refractivity contribution is 0.148. The molecule has 0 spiro atoms. The first-order valence-corrected chi connectivity index (χ1v) is 17.5. The van der Waals surface area contributed by atoms with Crippen molar-refractivity contribution in [2.24, 2.45) is 0 Å². The molecule has 6 heteroatoms. The van der Waals surface area contributed by atoms with Crippen molar-refractivity contribution in [2.45, 2.75) is 136 Å². The zero-order valence-corrected chi connectivity index (χ0v) is 26.4. The third kappa shape index (κ3) is 15.6. The van der Waals surface area contributed by atoms with Gasteiger partial charge in [-0.3, -0.25) is 0 Å². The molecule has 0 saturated heterocycles. The third-order valence-electron chi connectivity index (χ3n) is 7.64. The Morgan fingerprint density at radius 2 is 1.07 bits per heavy atom. The molecule has 1 atom stereocenters. The summed E-state index contributed by atoms with van der Waals surface area (Å²) in [7, 11) is -4.07. The summed E-state index contributed by atoms with van der Waals surface area (Å²) in [5.41, 5.74) is 3.42. The summed E-state index contributed by atoms with van der Waals surface area (Å²) < 4.78 is 35.7. The highest BCUT2D eigenvalue weighted by atomic mass is 32.3. The van der Waals surface area contributed by atoms with E-state index < -0.39 is 16.5 Å². The highest BCUT2D eigenvalue weighted by molar-refractivity contribution is 7.81. The van der Waals surface area contributed by atoms with E-state index in [1.165, 1.54) is 83.5 Å². The van der Waals surface area contributed by atoms with Crippen molar-refractivity contribution in [1.29, 1.82) is 5.26 Å². The van der Waals surface area contributed by atoms with Crippen LogP contribution in [0.15, 0.2) is 48.5 Å². The van der Waals surface area contributed by atoms with Gasteiger partial charge in [0.15, 0.2) is 0 Å². The molecule has 2 aromatic rings. The molecule has 0 heterocycles. The van der Waals surface area contributed by atoms with E-state index in [9.17, 15) is 8.42 Å². The molecule has 0 aliphatic heterocycles. The number of nitriles is 1. The van der Waals surface area contributed by atoms with Gasteiger partial charge in [0.2, 0.25) is 0 Å². The fraction of sp³-hybridized carbons (Fsp3) is 0.629. The van der Waals surface area contributed by atoms with Gasteiger partial charge in [-0.05, 0) is 41.7 Å². The molecule has 1 unspecified atom stereocenters. The number of unbranched alkanes of at least 4 members (excludes halogenated alkanes) is 15. The smallest absolute Gasteiger partial charge is 0.248 e. The zero-order valence-electron chi connectivity index (χ0n) is 25.6. The Hall–Kier alpha value is -2.20. The van der Waals surface area contributed by atoms with Crippen LogP contribution in [-0.2, 0) is 18.8 Å². The Balaban J connectivity index is 1.58. The maximum atomic E-state index is 12.5. The minimum Gasteiger partial charge on any atom is -0.248 e. The Morgan fingerprint density at radius 1 is 0.634 bits per heavy atom. The number of rotatable bonds is 24. The second-order valence-corrected chi connectivity index (χ2v) is 12.5. The summed E-state index contributed by atoms with van der Waals surface area (Å²) in [6.07, 6.45) is 21.2. The van der Waals surface area contributed by atoms with E-state index in [1.54, 1.807) is 12.1 Å². The maximum Gasteiger partial charge on any atom is 0.400 e. The van der Waals surface area contributed by atoms with Crippen LogP contribution in [0.4, 0.5) is 0 Å². The summed E-state index contributed by atoms with van der Waals surface area (Å²) in [5.74, 6) is 0. The standard InChI is InChI=1S/C35H53NO4S/c1-3-5-6-7-8-9-10-11-12-13-14-15-16-17-18-19-29-39-41(37,38)40-35(20-4-2)34-27-25-33(26-28-34)32-23-21-31(30-36)22-24-32/h21-28,35H,3-20,29H2,1-2H3. The van der Waals surface area contributed by atoms with E-state index in [0.717, 1.165) is 42.4 Å². The van der Waals surface area contributed by atoms with E-state index in [1.807, 2.05) is 43.3 Å². The molecule has 5 nitrogen and oxygen atoms in total. The summed E-state index contributed by atoms with van der Waals surface area (Å²) in [6, 6.07) is 17.2. The number of hydrogen-bond donors (Lipinski definition) is 0. The normalized spacial score (nSPS) is 12.3. The van der Waals surface area contributed by atoms with Crippen LogP contribution < -0.4 is 0 Å². The molecule has 2 aromatic carbocycles. The molecule has 0 aliphatic carbocycles. The lowest BCUT2D eigenvalue weighted by Crippen LogP contribution is -2.15. The molecule has 0 saturated carbocycles. The van der Waals surface area contributed by atoms with Gasteiger partial charge in [0.05, 0.1) is 18.2 Å². The van der Waals surface area contributed by atoms with E-state index in [2.05, 4.69) is 13.0 Å². The molecule has 0 N–H and O–H groups in total. The van der Waals surface area contributed by atoms with E-state index >= 15 is 0 Å². The van der Waals surface area contributed by atoms with Gasteiger partial charge in [0, 0.05) is 0 Å². The van der Waals surface area contributed by atoms with Crippen LogP contribution in [0, 0.1) is 11.3 Å². The summed E-state index contributed by atoms with van der Waals surface area (Å²) in [4.78, 5) is 0. The molecule has 0 aliphatic rings. The lowest BCUT2D eigenvalue weighted by atomic mass is 9.99.